The van der Waals surface area contributed by atoms with Crippen molar-refractivity contribution in [3.05, 3.63) is 33.3 Å². The largest absolute Gasteiger partial charge is 0.416 e. The van der Waals surface area contributed by atoms with Gasteiger partial charge in [0.2, 0.25) is 0 Å². The highest BCUT2D eigenvalue weighted by atomic mass is 79.9. The molecule has 15 heavy (non-hydrogen) atoms. The minimum Gasteiger partial charge on any atom is -0.166 e. The van der Waals surface area contributed by atoms with Crippen LogP contribution in [0, 0.1) is 6.92 Å². The van der Waals surface area contributed by atoms with E-state index >= 15 is 0 Å². The summed E-state index contributed by atoms with van der Waals surface area (Å²) in [5.74, 6) is 0. The monoisotopic (exact) mass is 280 g/mol. The zero-order valence-corrected chi connectivity index (χ0v) is 10.2. The molecule has 0 unspecified atom stereocenters. The maximum absolute atomic E-state index is 12.6. The Bertz CT molecular complexity index is 356. The Morgan fingerprint density at radius 3 is 2.33 bits per heavy atom. The van der Waals surface area contributed by atoms with Crippen molar-refractivity contribution in [1.82, 2.24) is 0 Å². The molecule has 0 amide bonds. The average molecular weight is 281 g/mol. The van der Waals surface area contributed by atoms with Gasteiger partial charge in [-0.15, -0.1) is 0 Å². The predicted molar refractivity (Wildman–Crippen MR) is 57.9 cm³/mol. The van der Waals surface area contributed by atoms with Gasteiger partial charge < -0.3 is 0 Å². The van der Waals surface area contributed by atoms with Crippen molar-refractivity contribution < 1.29 is 13.2 Å². The molecule has 0 spiro atoms. The zero-order valence-electron chi connectivity index (χ0n) is 8.58. The molecule has 0 aromatic heterocycles. The van der Waals surface area contributed by atoms with Gasteiger partial charge in [0, 0.05) is 4.47 Å². The molecule has 0 heterocycles. The molecule has 0 saturated carbocycles. The van der Waals surface area contributed by atoms with Crippen molar-refractivity contribution in [2.45, 2.75) is 32.9 Å². The fraction of sp³-hybridized carbons (Fsp3) is 0.455. The lowest BCUT2D eigenvalue weighted by molar-refractivity contribution is -0.138. The molecule has 4 heteroatoms. The molecule has 1 aromatic carbocycles. The number of hydrogen-bond acceptors (Lipinski definition) is 0. The second-order valence-corrected chi connectivity index (χ2v) is 4.35. The molecule has 0 nitrogen and oxygen atoms in total. The van der Waals surface area contributed by atoms with Crippen LogP contribution in [0.25, 0.3) is 0 Å². The van der Waals surface area contributed by atoms with Gasteiger partial charge in [-0.2, -0.15) is 13.2 Å². The summed E-state index contributed by atoms with van der Waals surface area (Å²) in [5, 5.41) is 0. The first kappa shape index (κ1) is 12.6. The van der Waals surface area contributed by atoms with Crippen LogP contribution in [0.3, 0.4) is 0 Å². The number of halogens is 4. The van der Waals surface area contributed by atoms with Crippen molar-refractivity contribution in [1.29, 1.82) is 0 Å². The molecule has 0 fully saturated rings. The van der Waals surface area contributed by atoms with Gasteiger partial charge >= 0.3 is 6.18 Å². The molecule has 0 aliphatic heterocycles. The highest BCUT2D eigenvalue weighted by Crippen LogP contribution is 2.35. The van der Waals surface area contributed by atoms with E-state index in [1.807, 2.05) is 6.92 Å². The third-order valence-corrected chi connectivity index (χ3v) is 3.07. The first-order valence-corrected chi connectivity index (χ1v) is 5.51. The summed E-state index contributed by atoms with van der Waals surface area (Å²) < 4.78 is 38.4. The average Bonchev–Trinajstić information content (AvgIpc) is 2.09. The second-order valence-electron chi connectivity index (χ2n) is 3.50. The third-order valence-electron chi connectivity index (χ3n) is 2.25. The molecule has 0 radical (unpaired) electrons. The van der Waals surface area contributed by atoms with Crippen molar-refractivity contribution in [3.63, 3.8) is 0 Å². The molecular weight excluding hydrogens is 269 g/mol. The summed E-state index contributed by atoms with van der Waals surface area (Å²) in [6, 6.07) is 3.00. The Labute approximate surface area is 95.6 Å². The Morgan fingerprint density at radius 1 is 1.27 bits per heavy atom. The molecule has 1 rings (SSSR count). The van der Waals surface area contributed by atoms with Gasteiger partial charge in [0.25, 0.3) is 0 Å². The van der Waals surface area contributed by atoms with Crippen molar-refractivity contribution in [3.8, 4) is 0 Å². The number of aryl methyl sites for hydroxylation is 1. The van der Waals surface area contributed by atoms with Crippen LogP contribution in [-0.2, 0) is 12.6 Å². The Hall–Kier alpha value is -0.510. The van der Waals surface area contributed by atoms with Gasteiger partial charge in [0.1, 0.15) is 0 Å². The van der Waals surface area contributed by atoms with Gasteiger partial charge in [-0.25, -0.2) is 0 Å². The number of benzene rings is 1. The quantitative estimate of drug-likeness (QED) is 0.735. The SMILES string of the molecule is CCCc1cc(Br)c(C)c(C(F)(F)F)c1. The van der Waals surface area contributed by atoms with E-state index in [1.165, 1.54) is 13.0 Å². The van der Waals surface area contributed by atoms with Crippen LogP contribution in [0.5, 0.6) is 0 Å². The van der Waals surface area contributed by atoms with Crippen LogP contribution in [0.15, 0.2) is 16.6 Å². The van der Waals surface area contributed by atoms with Crippen LogP contribution in [0.1, 0.15) is 30.0 Å². The Balaban J connectivity index is 3.25. The minimum atomic E-state index is -4.27. The standard InChI is InChI=1S/C11H12BrF3/c1-3-4-8-5-9(11(13,14)15)7(2)10(12)6-8/h5-6H,3-4H2,1-2H3. The lowest BCUT2D eigenvalue weighted by atomic mass is 10.0. The smallest absolute Gasteiger partial charge is 0.166 e. The lowest BCUT2D eigenvalue weighted by Gasteiger charge is -2.13. The van der Waals surface area contributed by atoms with Gasteiger partial charge in [-0.05, 0) is 36.6 Å². The molecular formula is C11H12BrF3. The van der Waals surface area contributed by atoms with E-state index in [-0.39, 0.29) is 5.56 Å². The van der Waals surface area contributed by atoms with Crippen LogP contribution in [-0.4, -0.2) is 0 Å². The summed E-state index contributed by atoms with van der Waals surface area (Å²) in [7, 11) is 0. The van der Waals surface area contributed by atoms with Crippen LogP contribution in [0.2, 0.25) is 0 Å². The number of hydrogen-bond donors (Lipinski definition) is 0. The van der Waals surface area contributed by atoms with Crippen molar-refractivity contribution in [2.75, 3.05) is 0 Å². The van der Waals surface area contributed by atoms with Crippen molar-refractivity contribution >= 4 is 15.9 Å². The minimum absolute atomic E-state index is 0.252. The normalized spacial score (nSPS) is 11.9. The van der Waals surface area contributed by atoms with E-state index in [4.69, 9.17) is 0 Å². The molecule has 0 N–H and O–H groups in total. The molecule has 0 aliphatic carbocycles. The molecule has 84 valence electrons. The van der Waals surface area contributed by atoms with E-state index < -0.39 is 11.7 Å². The van der Waals surface area contributed by atoms with Gasteiger partial charge in [-0.3, -0.25) is 0 Å². The highest BCUT2D eigenvalue weighted by molar-refractivity contribution is 9.10. The molecule has 1 aromatic rings. The number of rotatable bonds is 2. The molecule has 0 aliphatic rings. The highest BCUT2D eigenvalue weighted by Gasteiger charge is 2.33. The van der Waals surface area contributed by atoms with Crippen LogP contribution < -0.4 is 0 Å². The fourth-order valence-electron chi connectivity index (χ4n) is 1.46. The van der Waals surface area contributed by atoms with Crippen LogP contribution in [0.4, 0.5) is 13.2 Å². The van der Waals surface area contributed by atoms with E-state index in [9.17, 15) is 13.2 Å². The summed E-state index contributed by atoms with van der Waals surface area (Å²) >= 11 is 3.16. The second kappa shape index (κ2) is 4.56. The Morgan fingerprint density at radius 2 is 1.87 bits per heavy atom. The first-order chi connectivity index (χ1) is 6.86. The third kappa shape index (κ3) is 2.97. The van der Waals surface area contributed by atoms with E-state index in [0.29, 0.717) is 10.9 Å². The summed E-state index contributed by atoms with van der Waals surface area (Å²) in [4.78, 5) is 0. The fourth-order valence-corrected chi connectivity index (χ4v) is 1.97. The molecule has 0 saturated heterocycles. The van der Waals surface area contributed by atoms with E-state index in [1.54, 1.807) is 6.07 Å². The van der Waals surface area contributed by atoms with Gasteiger partial charge in [0.15, 0.2) is 0 Å². The van der Waals surface area contributed by atoms with Gasteiger partial charge in [0.05, 0.1) is 5.56 Å². The molecule has 0 atom stereocenters. The Kier molecular flexibility index (Phi) is 3.82. The number of alkyl halides is 3. The van der Waals surface area contributed by atoms with E-state index in [0.717, 1.165) is 12.0 Å². The van der Waals surface area contributed by atoms with Gasteiger partial charge in [-0.1, -0.05) is 29.3 Å². The maximum Gasteiger partial charge on any atom is 0.416 e. The summed E-state index contributed by atoms with van der Waals surface area (Å²) in [6.07, 6.45) is -2.76. The predicted octanol–water partition coefficient (Wildman–Crippen LogP) is 4.73. The topological polar surface area (TPSA) is 0 Å². The first-order valence-electron chi connectivity index (χ1n) is 4.72. The van der Waals surface area contributed by atoms with Crippen LogP contribution >= 0.6 is 15.9 Å². The van der Waals surface area contributed by atoms with Crippen molar-refractivity contribution in [2.24, 2.45) is 0 Å². The van der Waals surface area contributed by atoms with E-state index in [2.05, 4.69) is 15.9 Å². The summed E-state index contributed by atoms with van der Waals surface area (Å²) in [6.45, 7) is 3.42. The molecule has 0 bridgehead atoms. The zero-order chi connectivity index (χ0) is 11.6. The lowest BCUT2D eigenvalue weighted by Crippen LogP contribution is -2.08. The summed E-state index contributed by atoms with van der Waals surface area (Å²) in [5.41, 5.74) is 0.435. The maximum atomic E-state index is 12.6.